The number of nitrogen functional groups attached to an aromatic ring is 1. The molecule has 0 bridgehead atoms. The van der Waals surface area contributed by atoms with Crippen LogP contribution in [-0.4, -0.2) is 118 Å². The lowest BCUT2D eigenvalue weighted by Gasteiger charge is -2.42. The first kappa shape index (κ1) is 45.6. The Morgan fingerprint density at radius 1 is 1.03 bits per heavy atom. The number of nitrogens with one attached hydrogen (secondary N) is 2. The van der Waals surface area contributed by atoms with E-state index in [1.165, 1.54) is 47.2 Å². The highest BCUT2D eigenvalue weighted by atomic mass is 35.5. The Hall–Kier alpha value is -5.01. The number of carbonyl (C=O) groups excluding carboxylic acids is 1. The minimum atomic E-state index is -4.62. The zero-order chi connectivity index (χ0) is 45.2. The molecule has 1 unspecified atom stereocenters. The van der Waals surface area contributed by atoms with Gasteiger partial charge in [0.05, 0.1) is 58.6 Å². The summed E-state index contributed by atoms with van der Waals surface area (Å²) in [5, 5.41) is 16.1. The molecular weight excluding hydrogens is 884 g/mol. The summed E-state index contributed by atoms with van der Waals surface area (Å²) in [6.45, 7) is 12.0. The van der Waals surface area contributed by atoms with Gasteiger partial charge in [0.2, 0.25) is 0 Å². The molecule has 1 atom stereocenters. The summed E-state index contributed by atoms with van der Waals surface area (Å²) in [5.41, 5.74) is 10.4. The van der Waals surface area contributed by atoms with Crippen LogP contribution in [0.2, 0.25) is 10.0 Å². The number of nitro groups is 1. The number of hydrogen-bond acceptors (Lipinski definition) is 14. The zero-order valence-electron chi connectivity index (χ0n) is 35.7. The van der Waals surface area contributed by atoms with Gasteiger partial charge in [0.15, 0.2) is 0 Å². The number of amides is 1. The van der Waals surface area contributed by atoms with Crippen LogP contribution in [0.4, 0.5) is 22.9 Å². The average Bonchev–Trinajstić information content (AvgIpc) is 3.24. The highest BCUT2D eigenvalue weighted by Crippen LogP contribution is 2.43. The number of morpholine rings is 1. The second-order valence-electron chi connectivity index (χ2n) is 17.4. The summed E-state index contributed by atoms with van der Waals surface area (Å²) in [6.07, 6.45) is 4.25. The van der Waals surface area contributed by atoms with Gasteiger partial charge in [0, 0.05) is 81.3 Å². The minimum absolute atomic E-state index is 0.0386. The first-order valence-electron chi connectivity index (χ1n) is 21.3. The zero-order valence-corrected chi connectivity index (χ0v) is 38.1. The molecule has 3 aliphatic heterocycles. The average molecular weight is 936 g/mol. The molecule has 1 aromatic heterocycles. The molecule has 1 aliphatic carbocycles. The molecule has 8 rings (SSSR count). The molecule has 0 saturated carbocycles. The second kappa shape index (κ2) is 19.2. The fraction of sp³-hybridized carbons (Fsp3) is 0.422. The Bertz CT molecular complexity index is 2530. The molecule has 4 aliphatic rings. The van der Waals surface area contributed by atoms with E-state index < -0.39 is 31.4 Å². The molecular formula is C45H52Cl2N8O8S. The summed E-state index contributed by atoms with van der Waals surface area (Å²) < 4.78 is 46.9. The van der Waals surface area contributed by atoms with E-state index in [0.717, 1.165) is 62.2 Å². The van der Waals surface area contributed by atoms with E-state index in [-0.39, 0.29) is 51.7 Å². The summed E-state index contributed by atoms with van der Waals surface area (Å²) in [5.74, 6) is -0.722. The molecule has 340 valence electrons. The van der Waals surface area contributed by atoms with Gasteiger partial charge in [-0.25, -0.2) is 18.1 Å². The number of piperazine rings is 1. The van der Waals surface area contributed by atoms with Crippen molar-refractivity contribution < 1.29 is 32.3 Å². The Labute approximate surface area is 382 Å². The van der Waals surface area contributed by atoms with E-state index in [4.69, 9.17) is 43.1 Å². The van der Waals surface area contributed by atoms with E-state index >= 15 is 0 Å². The summed E-state index contributed by atoms with van der Waals surface area (Å²) in [7, 11) is -4.62. The van der Waals surface area contributed by atoms with Gasteiger partial charge in [-0.05, 0) is 72.2 Å². The maximum absolute atomic E-state index is 13.9. The lowest BCUT2D eigenvalue weighted by atomic mass is 9.72. The van der Waals surface area contributed by atoms with Gasteiger partial charge in [-0.3, -0.25) is 24.7 Å². The number of halogens is 2. The van der Waals surface area contributed by atoms with Crippen molar-refractivity contribution in [1.82, 2.24) is 19.5 Å². The van der Waals surface area contributed by atoms with Gasteiger partial charge in [-0.1, -0.05) is 54.8 Å². The van der Waals surface area contributed by atoms with Crippen LogP contribution in [0.25, 0.3) is 5.57 Å². The number of carbonyl (C=O) groups is 1. The van der Waals surface area contributed by atoms with E-state index in [2.05, 4.69) is 55.7 Å². The summed E-state index contributed by atoms with van der Waals surface area (Å²) in [6, 6.07) is 18.2. The predicted molar refractivity (Wildman–Crippen MR) is 247 cm³/mol. The van der Waals surface area contributed by atoms with Crippen LogP contribution in [0, 0.1) is 15.5 Å². The highest BCUT2D eigenvalue weighted by molar-refractivity contribution is 7.90. The van der Waals surface area contributed by atoms with Crippen molar-refractivity contribution in [1.29, 1.82) is 0 Å². The van der Waals surface area contributed by atoms with Crippen molar-refractivity contribution in [2.45, 2.75) is 50.2 Å². The maximum atomic E-state index is 13.9. The fourth-order valence-corrected chi connectivity index (χ4v) is 9.83. The number of pyridine rings is 1. The third-order valence-corrected chi connectivity index (χ3v) is 14.2. The number of anilines is 3. The minimum Gasteiger partial charge on any atom is -0.455 e. The lowest BCUT2D eigenvalue weighted by Crippen LogP contribution is -2.56. The molecule has 4 heterocycles. The monoisotopic (exact) mass is 934 g/mol. The number of nitrogens with zero attached hydrogens (tertiary/aromatic N) is 5. The number of benzene rings is 3. The number of nitro benzene ring substituents is 1. The molecule has 0 spiro atoms. The van der Waals surface area contributed by atoms with Crippen molar-refractivity contribution >= 4 is 67.6 Å². The summed E-state index contributed by atoms with van der Waals surface area (Å²) in [4.78, 5) is 35.9. The van der Waals surface area contributed by atoms with Crippen LogP contribution in [0.5, 0.6) is 11.5 Å². The number of sulfonamides is 1. The number of ether oxygens (including phenoxy) is 3. The molecule has 0 radical (unpaired) electrons. The normalized spacial score (nSPS) is 19.8. The quantitative estimate of drug-likeness (QED) is 0.0857. The van der Waals surface area contributed by atoms with Gasteiger partial charge in [-0.2, -0.15) is 0 Å². The van der Waals surface area contributed by atoms with E-state index in [9.17, 15) is 23.3 Å². The predicted octanol–water partition coefficient (Wildman–Crippen LogP) is 7.09. The van der Waals surface area contributed by atoms with Gasteiger partial charge >= 0.3 is 0 Å². The maximum Gasteiger partial charge on any atom is 0.293 e. The van der Waals surface area contributed by atoms with Gasteiger partial charge < -0.3 is 30.2 Å². The number of hydrogen-bond donors (Lipinski definition) is 3. The SMILES string of the molecule is CC1(C)CCC(CN2CCN(c3ccc(C(=O)NS(=O)(=O)c4ccc(NCC5CN(C6COC6)CCO5)c([N+](=O)[O-])c4)c(Oc4cnc(N)c(Cl)c4)c3)CC2)=C(c2ccc(Cl)cc2)C1. The molecule has 3 saturated heterocycles. The smallest absolute Gasteiger partial charge is 0.293 e. The van der Waals surface area contributed by atoms with Crippen molar-refractivity contribution in [2.75, 3.05) is 88.1 Å². The molecule has 3 aromatic carbocycles. The van der Waals surface area contributed by atoms with Crippen LogP contribution in [0.15, 0.2) is 83.4 Å². The van der Waals surface area contributed by atoms with Crippen molar-refractivity contribution in [2.24, 2.45) is 5.41 Å². The standard InChI is InChI=1S/C45H52Cl2N8O8S/c1-45(2)12-11-30(38(22-45)29-3-5-31(46)6-4-29)25-52-13-15-53(16-14-52)32-7-9-37(42(19-32)63-34-20-39(47)43(48)50-23-34)44(56)51-64(59,60)36-8-10-40(41(21-36)55(57)58)49-24-35-26-54(17-18-62-35)33-27-61-28-33/h3-10,19-21,23,33,35,49H,11-18,22,24-28H2,1-2H3,(H2,48,50)(H,51,56). The molecule has 64 heavy (non-hydrogen) atoms. The van der Waals surface area contributed by atoms with Gasteiger partial charge in [0.25, 0.3) is 21.6 Å². The van der Waals surface area contributed by atoms with Crippen molar-refractivity contribution in [3.8, 4) is 11.5 Å². The number of allylic oxidation sites excluding steroid dienone is 1. The lowest BCUT2D eigenvalue weighted by molar-refractivity contribution is -0.384. The van der Waals surface area contributed by atoms with Gasteiger partial charge in [-0.15, -0.1) is 0 Å². The van der Waals surface area contributed by atoms with Crippen LogP contribution >= 0.6 is 23.2 Å². The van der Waals surface area contributed by atoms with Crippen LogP contribution in [0.3, 0.4) is 0 Å². The van der Waals surface area contributed by atoms with Crippen molar-refractivity contribution in [3.05, 3.63) is 110 Å². The highest BCUT2D eigenvalue weighted by Gasteiger charge is 2.33. The molecule has 3 fully saturated rings. The Balaban J connectivity index is 0.972. The Kier molecular flexibility index (Phi) is 13.7. The van der Waals surface area contributed by atoms with E-state index in [1.807, 2.05) is 12.1 Å². The number of nitrogens with two attached hydrogens (primary N) is 1. The second-order valence-corrected chi connectivity index (χ2v) is 20.0. The van der Waals surface area contributed by atoms with Crippen LogP contribution in [-0.2, 0) is 19.5 Å². The van der Waals surface area contributed by atoms with E-state index in [1.54, 1.807) is 12.1 Å². The third-order valence-electron chi connectivity index (χ3n) is 12.3. The Morgan fingerprint density at radius 2 is 1.80 bits per heavy atom. The fourth-order valence-electron chi connectivity index (χ4n) is 8.56. The molecule has 4 N–H and O–H groups in total. The first-order chi connectivity index (χ1) is 30.6. The first-order valence-corrected chi connectivity index (χ1v) is 23.5. The van der Waals surface area contributed by atoms with Gasteiger partial charge in [0.1, 0.15) is 23.0 Å². The molecule has 19 heteroatoms. The molecule has 16 nitrogen and oxygen atoms in total. The van der Waals surface area contributed by atoms with Crippen molar-refractivity contribution in [3.63, 3.8) is 0 Å². The Morgan fingerprint density at radius 3 is 2.50 bits per heavy atom. The molecule has 4 aromatic rings. The molecule has 1 amide bonds. The largest absolute Gasteiger partial charge is 0.455 e. The van der Waals surface area contributed by atoms with Crippen LogP contribution < -0.4 is 25.4 Å². The number of aromatic nitrogens is 1. The number of rotatable bonds is 14. The van der Waals surface area contributed by atoms with E-state index in [0.29, 0.717) is 45.5 Å². The third kappa shape index (κ3) is 10.7. The topological polar surface area (TPSA) is 195 Å². The van der Waals surface area contributed by atoms with Crippen LogP contribution in [0.1, 0.15) is 49.0 Å². The summed E-state index contributed by atoms with van der Waals surface area (Å²) >= 11 is 12.5.